The van der Waals surface area contributed by atoms with E-state index < -0.39 is 17.7 Å². The van der Waals surface area contributed by atoms with E-state index in [0.29, 0.717) is 24.9 Å². The number of piperidine rings is 1. The van der Waals surface area contributed by atoms with Crippen molar-refractivity contribution in [3.05, 3.63) is 35.9 Å². The number of alkyl halides is 1. The summed E-state index contributed by atoms with van der Waals surface area (Å²) in [6.07, 6.45) is 1.87. The lowest BCUT2D eigenvalue weighted by Gasteiger charge is -2.41. The van der Waals surface area contributed by atoms with Gasteiger partial charge in [0.25, 0.3) is 5.67 Å². The minimum atomic E-state index is -2.75. The molecule has 2 aliphatic rings. The second-order valence-corrected chi connectivity index (χ2v) is 6.61. The van der Waals surface area contributed by atoms with Crippen molar-refractivity contribution in [1.82, 2.24) is 4.90 Å². The van der Waals surface area contributed by atoms with Crippen LogP contribution in [-0.4, -0.2) is 46.3 Å². The molecule has 2 N–H and O–H groups in total. The van der Waals surface area contributed by atoms with Crippen molar-refractivity contribution in [1.29, 1.82) is 0 Å². The van der Waals surface area contributed by atoms with Gasteiger partial charge in [0, 0.05) is 17.6 Å². The highest BCUT2D eigenvalue weighted by atomic mass is 19.1. The van der Waals surface area contributed by atoms with Crippen LogP contribution in [0.3, 0.4) is 0 Å². The molecule has 4 nitrogen and oxygen atoms in total. The second kappa shape index (κ2) is 5.63. The van der Waals surface area contributed by atoms with Gasteiger partial charge in [-0.05, 0) is 38.6 Å². The summed E-state index contributed by atoms with van der Waals surface area (Å²) in [5.74, 6) is -1.94. The number of hydrogen-bond donors (Lipinski definition) is 2. The van der Waals surface area contributed by atoms with E-state index in [1.54, 1.807) is 18.2 Å². The first kappa shape index (κ1) is 15.4. The molecule has 5 heteroatoms. The molecule has 0 spiro atoms. The molecule has 0 aromatic heterocycles. The smallest absolute Gasteiger partial charge is 0.349 e. The van der Waals surface area contributed by atoms with E-state index in [9.17, 15) is 15.0 Å². The molecule has 0 amide bonds. The number of carbonyl (C=O) groups is 1. The first-order chi connectivity index (χ1) is 10.4. The Bertz CT molecular complexity index is 538. The molecule has 5 atom stereocenters. The van der Waals surface area contributed by atoms with Gasteiger partial charge in [0.1, 0.15) is 6.10 Å². The molecule has 0 saturated carbocycles. The molecular formula is C17H22FNO3. The Labute approximate surface area is 129 Å². The lowest BCUT2D eigenvalue weighted by molar-refractivity contribution is -0.166. The number of halogens is 1. The van der Waals surface area contributed by atoms with Crippen LogP contribution in [0.5, 0.6) is 0 Å². The monoisotopic (exact) mass is 307 g/mol. The summed E-state index contributed by atoms with van der Waals surface area (Å²) in [5, 5.41) is 20.0. The van der Waals surface area contributed by atoms with Gasteiger partial charge in [-0.25, -0.2) is 9.18 Å². The minimum absolute atomic E-state index is 0.0151. The lowest BCUT2D eigenvalue weighted by Crippen LogP contribution is -2.51. The highest BCUT2D eigenvalue weighted by Gasteiger charge is 2.53. The zero-order valence-corrected chi connectivity index (χ0v) is 12.7. The Morgan fingerprint density at radius 2 is 1.82 bits per heavy atom. The number of rotatable bonds is 4. The molecule has 2 unspecified atom stereocenters. The molecule has 2 fully saturated rings. The summed E-state index contributed by atoms with van der Waals surface area (Å²) in [6, 6.07) is 8.41. The predicted octanol–water partition coefficient (Wildman–Crippen LogP) is 2.17. The van der Waals surface area contributed by atoms with Gasteiger partial charge in [-0.15, -0.1) is 0 Å². The van der Waals surface area contributed by atoms with Crippen molar-refractivity contribution in [2.24, 2.45) is 5.92 Å². The van der Waals surface area contributed by atoms with Gasteiger partial charge >= 0.3 is 5.97 Å². The van der Waals surface area contributed by atoms with Crippen LogP contribution in [0.4, 0.5) is 4.39 Å². The normalized spacial score (nSPS) is 32.4. The summed E-state index contributed by atoms with van der Waals surface area (Å²) in [5.41, 5.74) is -2.73. The van der Waals surface area contributed by atoms with Crippen molar-refractivity contribution in [2.75, 3.05) is 7.05 Å². The molecule has 1 aromatic carbocycles. The molecule has 2 saturated heterocycles. The summed E-state index contributed by atoms with van der Waals surface area (Å²) in [4.78, 5) is 13.9. The Morgan fingerprint density at radius 1 is 1.27 bits per heavy atom. The standard InChI is InChI=1S/C17H22FNO3/c1-19-13-7-8-14(19)10-11(9-13)15(20)17(18,16(21)22)12-5-3-2-4-6-12/h2-6,11,13-15,20H,7-10H2,1H3,(H,21,22)/t11?,13-,14+,15-,17?/m1/s1. The van der Waals surface area contributed by atoms with Gasteiger partial charge in [0.05, 0.1) is 0 Å². The van der Waals surface area contributed by atoms with Gasteiger partial charge in [0.2, 0.25) is 0 Å². The number of carboxylic acid groups (broad SMARTS) is 1. The van der Waals surface area contributed by atoms with Crippen LogP contribution in [0.15, 0.2) is 30.3 Å². The molecule has 1 aromatic rings. The van der Waals surface area contributed by atoms with E-state index in [2.05, 4.69) is 11.9 Å². The molecule has 3 rings (SSSR count). The van der Waals surface area contributed by atoms with E-state index in [4.69, 9.17) is 0 Å². The maximum Gasteiger partial charge on any atom is 0.349 e. The number of hydrogen-bond acceptors (Lipinski definition) is 3. The quantitative estimate of drug-likeness (QED) is 0.895. The van der Waals surface area contributed by atoms with Gasteiger partial charge in [-0.3, -0.25) is 0 Å². The van der Waals surface area contributed by atoms with Crippen molar-refractivity contribution >= 4 is 5.97 Å². The average molecular weight is 307 g/mol. The molecule has 0 radical (unpaired) electrons. The largest absolute Gasteiger partial charge is 0.479 e. The number of aliphatic hydroxyl groups is 1. The highest BCUT2D eigenvalue weighted by molar-refractivity contribution is 5.80. The van der Waals surface area contributed by atoms with Gasteiger partial charge < -0.3 is 15.1 Å². The number of carboxylic acids is 1. The van der Waals surface area contributed by atoms with E-state index in [-0.39, 0.29) is 11.5 Å². The third-order valence-corrected chi connectivity index (χ3v) is 5.49. The van der Waals surface area contributed by atoms with Crippen molar-refractivity contribution in [3.8, 4) is 0 Å². The molecule has 120 valence electrons. The summed E-state index contributed by atoms with van der Waals surface area (Å²) in [7, 11) is 2.06. The van der Waals surface area contributed by atoms with Crippen LogP contribution in [0.25, 0.3) is 0 Å². The first-order valence-corrected chi connectivity index (χ1v) is 7.82. The SMILES string of the molecule is CN1[C@@H]2CC[C@H]1CC([C@@H](O)C(F)(C(=O)O)c1ccccc1)C2. The minimum Gasteiger partial charge on any atom is -0.479 e. The topological polar surface area (TPSA) is 60.8 Å². The number of fused-ring (bicyclic) bond motifs is 2. The van der Waals surface area contributed by atoms with Crippen molar-refractivity contribution in [2.45, 2.75) is 49.5 Å². The van der Waals surface area contributed by atoms with Crippen LogP contribution in [-0.2, 0) is 10.5 Å². The molecule has 2 heterocycles. The summed E-state index contributed by atoms with van der Waals surface area (Å²) in [6.45, 7) is 0. The van der Waals surface area contributed by atoms with Crippen molar-refractivity contribution in [3.63, 3.8) is 0 Å². The summed E-state index contributed by atoms with van der Waals surface area (Å²) >= 11 is 0. The molecule has 0 aliphatic carbocycles. The number of aliphatic carboxylic acids is 1. The Balaban J connectivity index is 1.88. The second-order valence-electron chi connectivity index (χ2n) is 6.61. The fourth-order valence-corrected chi connectivity index (χ4v) is 4.14. The third kappa shape index (κ3) is 2.32. The average Bonchev–Trinajstić information content (AvgIpc) is 2.75. The van der Waals surface area contributed by atoms with E-state index in [0.717, 1.165) is 12.8 Å². The van der Waals surface area contributed by atoms with Gasteiger partial charge in [-0.2, -0.15) is 0 Å². The van der Waals surface area contributed by atoms with E-state index in [1.807, 2.05) is 0 Å². The predicted molar refractivity (Wildman–Crippen MR) is 80.2 cm³/mol. The highest BCUT2D eigenvalue weighted by Crippen LogP contribution is 2.44. The summed E-state index contributed by atoms with van der Waals surface area (Å²) < 4.78 is 15.3. The fraction of sp³-hybridized carbons (Fsp3) is 0.588. The van der Waals surface area contributed by atoms with Crippen LogP contribution in [0.2, 0.25) is 0 Å². The van der Waals surface area contributed by atoms with Crippen molar-refractivity contribution < 1.29 is 19.4 Å². The zero-order valence-electron chi connectivity index (χ0n) is 12.7. The van der Waals surface area contributed by atoms with Gasteiger partial charge in [-0.1, -0.05) is 30.3 Å². The molecular weight excluding hydrogens is 285 g/mol. The molecule has 2 aliphatic heterocycles. The maximum absolute atomic E-state index is 15.3. The maximum atomic E-state index is 15.3. The first-order valence-electron chi connectivity index (χ1n) is 7.82. The Hall–Kier alpha value is -1.46. The van der Waals surface area contributed by atoms with Crippen LogP contribution in [0, 0.1) is 5.92 Å². The Morgan fingerprint density at radius 3 is 2.32 bits per heavy atom. The number of nitrogens with zero attached hydrogens (tertiary/aromatic N) is 1. The van der Waals surface area contributed by atoms with Crippen LogP contribution >= 0.6 is 0 Å². The third-order valence-electron chi connectivity index (χ3n) is 5.49. The van der Waals surface area contributed by atoms with Crippen LogP contribution < -0.4 is 0 Å². The van der Waals surface area contributed by atoms with E-state index in [1.165, 1.54) is 12.1 Å². The van der Waals surface area contributed by atoms with E-state index >= 15 is 4.39 Å². The number of aliphatic hydroxyl groups excluding tert-OH is 1. The lowest BCUT2D eigenvalue weighted by atomic mass is 9.77. The Kier molecular flexibility index (Phi) is 3.95. The zero-order chi connectivity index (χ0) is 15.9. The van der Waals surface area contributed by atoms with Gasteiger partial charge in [0.15, 0.2) is 0 Å². The fourth-order valence-electron chi connectivity index (χ4n) is 4.14. The van der Waals surface area contributed by atoms with Crippen LogP contribution in [0.1, 0.15) is 31.2 Å². The molecule has 22 heavy (non-hydrogen) atoms. The molecule has 2 bridgehead atoms. The number of benzene rings is 1.